The van der Waals surface area contributed by atoms with Crippen molar-refractivity contribution in [3.8, 4) is 11.3 Å². The zero-order chi connectivity index (χ0) is 15.5. The van der Waals surface area contributed by atoms with Crippen molar-refractivity contribution in [2.75, 3.05) is 7.05 Å². The van der Waals surface area contributed by atoms with Crippen molar-refractivity contribution < 1.29 is 0 Å². The molecule has 0 amide bonds. The van der Waals surface area contributed by atoms with Crippen molar-refractivity contribution in [3.63, 3.8) is 0 Å². The lowest BCUT2D eigenvalue weighted by Gasteiger charge is -1.95. The Labute approximate surface area is 126 Å². The number of fused-ring (bicyclic) bond motifs is 5. The summed E-state index contributed by atoms with van der Waals surface area (Å²) < 4.78 is 0. The first kappa shape index (κ1) is 13.9. The van der Waals surface area contributed by atoms with Gasteiger partial charge in [-0.2, -0.15) is 0 Å². The number of aromatic nitrogens is 2. The average molecular weight is 290 g/mol. The van der Waals surface area contributed by atoms with Crippen LogP contribution in [0.1, 0.15) is 0 Å². The number of H-pyrrole nitrogens is 1. The lowest BCUT2D eigenvalue weighted by atomic mass is 10.1. The lowest BCUT2D eigenvalue weighted by Crippen LogP contribution is -1.98. The molecule has 2 heterocycles. The van der Waals surface area contributed by atoms with E-state index in [4.69, 9.17) is 5.53 Å². The van der Waals surface area contributed by atoms with Crippen LogP contribution in [-0.2, 0) is 0 Å². The minimum absolute atomic E-state index is 0.107. The van der Waals surface area contributed by atoms with Gasteiger partial charge in [-0.15, -0.1) is 0 Å². The van der Waals surface area contributed by atoms with Crippen LogP contribution in [0.4, 0.5) is 0 Å². The fourth-order valence-corrected chi connectivity index (χ4v) is 2.56. The van der Waals surface area contributed by atoms with E-state index in [1.165, 1.54) is 7.05 Å². The highest BCUT2D eigenvalue weighted by molar-refractivity contribution is 6.05. The Balaban J connectivity index is 0.000000446. The molecule has 0 aromatic heterocycles. The van der Waals surface area contributed by atoms with Gasteiger partial charge in [0.15, 0.2) is 0 Å². The molecule has 2 aromatic carbocycles. The average Bonchev–Trinajstić information content (AvgIpc) is 2.80. The molecule has 0 aliphatic carbocycles. The quantitative estimate of drug-likeness (QED) is 0.482. The molecule has 2 aliphatic rings. The van der Waals surface area contributed by atoms with Gasteiger partial charge in [-0.25, -0.2) is 15.6 Å². The number of rotatable bonds is 0. The van der Waals surface area contributed by atoms with Crippen molar-refractivity contribution >= 4 is 21.8 Å². The number of para-hydroxylation sites is 2. The van der Waals surface area contributed by atoms with E-state index in [-0.39, 0.29) is 5.56 Å². The zero-order valence-corrected chi connectivity index (χ0v) is 12.0. The highest BCUT2D eigenvalue weighted by atomic mass is 16.1. The Morgan fingerprint density at radius 3 is 2.45 bits per heavy atom. The molecule has 5 nitrogen and oxygen atoms in total. The fraction of sp³-hybridized carbons (Fsp3) is 0.0588. The normalized spacial score (nSPS) is 10.4. The molecule has 2 aromatic rings. The maximum absolute atomic E-state index is 12.0. The van der Waals surface area contributed by atoms with Crippen molar-refractivity contribution in [1.29, 1.82) is 5.53 Å². The summed E-state index contributed by atoms with van der Waals surface area (Å²) in [6, 6.07) is 17.3. The van der Waals surface area contributed by atoms with Crippen LogP contribution < -0.4 is 5.56 Å². The molecular formula is C17H14N4O. The van der Waals surface area contributed by atoms with Gasteiger partial charge in [0, 0.05) is 29.4 Å². The number of hydrogen-bond donors (Lipinski definition) is 2. The second-order valence-corrected chi connectivity index (χ2v) is 4.79. The summed E-state index contributed by atoms with van der Waals surface area (Å²) >= 11 is 0. The van der Waals surface area contributed by atoms with Gasteiger partial charge in [0.1, 0.15) is 0 Å². The largest absolute Gasteiger partial charge is 0.322 e. The molecule has 0 fully saturated rings. The van der Waals surface area contributed by atoms with Crippen LogP contribution in [0.25, 0.3) is 33.1 Å². The Bertz CT molecular complexity index is 990. The Hall–Kier alpha value is -3.08. The molecule has 108 valence electrons. The van der Waals surface area contributed by atoms with Crippen LogP contribution >= 0.6 is 0 Å². The molecular weight excluding hydrogens is 276 g/mol. The number of nitrogens with one attached hydrogen (secondary N) is 2. The molecule has 0 saturated heterocycles. The number of hydrogen-bond acceptors (Lipinski definition) is 4. The third-order valence-electron chi connectivity index (χ3n) is 3.40. The van der Waals surface area contributed by atoms with E-state index >= 15 is 0 Å². The standard InChI is InChI=1S/C16H10N2O.CH4N2/c19-15-9-12-10-5-1-3-7-13(10)18-16(12)11-6-2-4-8-14(11)17-15;1-3-2/h1-9H,(H,17,19);2H,1H3. The van der Waals surface area contributed by atoms with Gasteiger partial charge in [0.05, 0.1) is 16.7 Å². The number of aromatic amines is 1. The van der Waals surface area contributed by atoms with Gasteiger partial charge >= 0.3 is 0 Å². The smallest absolute Gasteiger partial charge is 0.249 e. The summed E-state index contributed by atoms with van der Waals surface area (Å²) in [5.41, 5.74) is 9.23. The molecule has 0 unspecified atom stereocenters. The van der Waals surface area contributed by atoms with Gasteiger partial charge in [-0.3, -0.25) is 4.79 Å². The summed E-state index contributed by atoms with van der Waals surface area (Å²) in [7, 11) is 1.42. The van der Waals surface area contributed by atoms with E-state index in [1.807, 2.05) is 48.5 Å². The molecule has 0 spiro atoms. The van der Waals surface area contributed by atoms with Gasteiger partial charge in [0.2, 0.25) is 5.56 Å². The maximum Gasteiger partial charge on any atom is 0.249 e. The number of benzene rings is 2. The van der Waals surface area contributed by atoms with Gasteiger partial charge in [-0.1, -0.05) is 36.4 Å². The van der Waals surface area contributed by atoms with Crippen molar-refractivity contribution in [2.24, 2.45) is 5.11 Å². The minimum Gasteiger partial charge on any atom is -0.322 e. The van der Waals surface area contributed by atoms with Crippen LogP contribution in [0.15, 0.2) is 64.5 Å². The molecule has 5 heteroatoms. The second-order valence-electron chi connectivity index (χ2n) is 4.79. The summed E-state index contributed by atoms with van der Waals surface area (Å²) in [4.78, 5) is 19.5. The van der Waals surface area contributed by atoms with E-state index in [9.17, 15) is 4.79 Å². The molecule has 4 rings (SSSR count). The molecule has 22 heavy (non-hydrogen) atoms. The first-order valence-corrected chi connectivity index (χ1v) is 6.80. The monoisotopic (exact) mass is 290 g/mol. The van der Waals surface area contributed by atoms with Crippen LogP contribution in [0.3, 0.4) is 0 Å². The van der Waals surface area contributed by atoms with E-state index in [2.05, 4.69) is 15.1 Å². The molecule has 0 saturated carbocycles. The Morgan fingerprint density at radius 2 is 1.68 bits per heavy atom. The highest BCUT2D eigenvalue weighted by Crippen LogP contribution is 2.33. The van der Waals surface area contributed by atoms with E-state index in [0.717, 1.165) is 33.1 Å². The predicted molar refractivity (Wildman–Crippen MR) is 87.6 cm³/mol. The van der Waals surface area contributed by atoms with Crippen LogP contribution in [0.5, 0.6) is 0 Å². The summed E-state index contributed by atoms with van der Waals surface area (Å²) in [6.07, 6.45) is 0. The van der Waals surface area contributed by atoms with Crippen LogP contribution in [-0.4, -0.2) is 17.0 Å². The van der Waals surface area contributed by atoms with Crippen LogP contribution in [0, 0.1) is 5.53 Å². The molecule has 0 atom stereocenters. The first-order chi connectivity index (χ1) is 10.7. The van der Waals surface area contributed by atoms with Crippen molar-refractivity contribution in [3.05, 3.63) is 65.0 Å². The fourth-order valence-electron chi connectivity index (χ4n) is 2.56. The Kier molecular flexibility index (Phi) is 3.62. The molecule has 0 radical (unpaired) electrons. The van der Waals surface area contributed by atoms with Gasteiger partial charge in [0.25, 0.3) is 0 Å². The van der Waals surface area contributed by atoms with E-state index in [0.29, 0.717) is 0 Å². The summed E-state index contributed by atoms with van der Waals surface area (Å²) in [6.45, 7) is 0. The van der Waals surface area contributed by atoms with Crippen molar-refractivity contribution in [2.45, 2.75) is 0 Å². The predicted octanol–water partition coefficient (Wildman–Crippen LogP) is 3.83. The third kappa shape index (κ3) is 2.33. The van der Waals surface area contributed by atoms with Crippen molar-refractivity contribution in [1.82, 2.24) is 9.97 Å². The minimum atomic E-state index is -0.107. The lowest BCUT2D eigenvalue weighted by molar-refractivity contribution is 1.09. The molecule has 0 bridgehead atoms. The van der Waals surface area contributed by atoms with E-state index < -0.39 is 0 Å². The Morgan fingerprint density at radius 1 is 1.05 bits per heavy atom. The SMILES string of the molecule is CN=N.O=c1cc2c3ccccc3nc-2c2ccccc2[nH]1. The topological polar surface area (TPSA) is 82.0 Å². The molecule has 2 aliphatic heterocycles. The number of nitrogens with zero attached hydrogens (tertiary/aromatic N) is 2. The summed E-state index contributed by atoms with van der Waals surface area (Å²) in [5, 5.41) is 4.74. The second kappa shape index (κ2) is 5.73. The maximum atomic E-state index is 12.0. The first-order valence-electron chi connectivity index (χ1n) is 6.80. The van der Waals surface area contributed by atoms with E-state index in [1.54, 1.807) is 6.07 Å². The molecule has 2 N–H and O–H groups in total. The van der Waals surface area contributed by atoms with Gasteiger partial charge < -0.3 is 4.98 Å². The van der Waals surface area contributed by atoms with Crippen LogP contribution in [0.2, 0.25) is 0 Å². The zero-order valence-electron chi connectivity index (χ0n) is 12.0. The third-order valence-corrected chi connectivity index (χ3v) is 3.40. The highest BCUT2D eigenvalue weighted by Gasteiger charge is 2.14. The van der Waals surface area contributed by atoms with Gasteiger partial charge in [-0.05, 0) is 12.1 Å². The summed E-state index contributed by atoms with van der Waals surface area (Å²) in [5.74, 6) is 0.